The average Bonchev–Trinajstić information content (AvgIpc) is 2.41. The van der Waals surface area contributed by atoms with Crippen molar-refractivity contribution >= 4 is 23.6 Å². The molecule has 1 aliphatic carbocycles. The van der Waals surface area contributed by atoms with Crippen molar-refractivity contribution in [3.63, 3.8) is 0 Å². The highest BCUT2D eigenvalue weighted by Gasteiger charge is 2.36. The second kappa shape index (κ2) is 4.59. The van der Waals surface area contributed by atoms with Gasteiger partial charge in [0.2, 0.25) is 11.6 Å². The Hall–Kier alpha value is -2.43. The van der Waals surface area contributed by atoms with Crippen LogP contribution in [0.1, 0.15) is 58.5 Å². The Labute approximate surface area is 115 Å². The lowest BCUT2D eigenvalue weighted by atomic mass is 9.81. The Morgan fingerprint density at radius 1 is 1.10 bits per heavy atom. The van der Waals surface area contributed by atoms with Crippen molar-refractivity contribution in [2.75, 3.05) is 0 Å². The molecule has 0 bridgehead atoms. The van der Waals surface area contributed by atoms with Crippen molar-refractivity contribution in [2.45, 2.75) is 26.7 Å². The molecule has 0 aromatic heterocycles. The Bertz CT molecular complexity index is 680. The molecule has 104 valence electrons. The van der Waals surface area contributed by atoms with Gasteiger partial charge in [0.05, 0.1) is 11.1 Å². The molecule has 0 saturated carbocycles. The summed E-state index contributed by atoms with van der Waals surface area (Å²) in [4.78, 5) is 35.0. The number of aliphatic hydroxyl groups is 1. The van der Waals surface area contributed by atoms with E-state index in [2.05, 4.69) is 0 Å². The standard InChI is InChI=1S/C15H14O5/c1-6(2)8-4-10(17)9(5-16)12-11(8)13(18)7(3)14(19)15(12)20/h4-6,17-18H,1-3H3. The van der Waals surface area contributed by atoms with Crippen molar-refractivity contribution in [2.24, 2.45) is 0 Å². The molecule has 5 nitrogen and oxygen atoms in total. The summed E-state index contributed by atoms with van der Waals surface area (Å²) in [5, 5.41) is 20.0. The summed E-state index contributed by atoms with van der Waals surface area (Å²) in [5.41, 5.74) is 0.160. The second-order valence-electron chi connectivity index (χ2n) is 5.05. The van der Waals surface area contributed by atoms with E-state index in [1.165, 1.54) is 13.0 Å². The number of rotatable bonds is 2. The smallest absolute Gasteiger partial charge is 0.234 e. The normalized spacial score (nSPS) is 14.8. The van der Waals surface area contributed by atoms with Gasteiger partial charge < -0.3 is 10.2 Å². The van der Waals surface area contributed by atoms with Crippen LogP contribution >= 0.6 is 0 Å². The van der Waals surface area contributed by atoms with E-state index in [0.29, 0.717) is 11.8 Å². The van der Waals surface area contributed by atoms with Gasteiger partial charge >= 0.3 is 0 Å². The third-order valence-electron chi connectivity index (χ3n) is 3.48. The molecule has 5 heteroatoms. The number of hydrogen-bond acceptors (Lipinski definition) is 5. The summed E-state index contributed by atoms with van der Waals surface area (Å²) in [6, 6.07) is 1.35. The van der Waals surface area contributed by atoms with E-state index in [1.807, 2.05) is 13.8 Å². The van der Waals surface area contributed by atoms with Crippen molar-refractivity contribution in [3.05, 3.63) is 33.9 Å². The summed E-state index contributed by atoms with van der Waals surface area (Å²) < 4.78 is 0. The maximum absolute atomic E-state index is 12.1. The fourth-order valence-electron chi connectivity index (χ4n) is 2.35. The highest BCUT2D eigenvalue weighted by molar-refractivity contribution is 6.53. The number of ketones is 2. The third kappa shape index (κ3) is 1.74. The lowest BCUT2D eigenvalue weighted by Crippen LogP contribution is -2.25. The number of allylic oxidation sites excluding steroid dienone is 1. The van der Waals surface area contributed by atoms with Crippen LogP contribution in [0.3, 0.4) is 0 Å². The molecule has 0 saturated heterocycles. The first kappa shape index (κ1) is 14.0. The largest absolute Gasteiger partial charge is 0.507 e. The first-order valence-electron chi connectivity index (χ1n) is 6.15. The molecular formula is C15H14O5. The van der Waals surface area contributed by atoms with Gasteiger partial charge in [-0.2, -0.15) is 0 Å². The maximum Gasteiger partial charge on any atom is 0.234 e. The second-order valence-corrected chi connectivity index (χ2v) is 5.05. The van der Waals surface area contributed by atoms with Crippen LogP contribution in [0.2, 0.25) is 0 Å². The van der Waals surface area contributed by atoms with Crippen LogP contribution < -0.4 is 0 Å². The minimum atomic E-state index is -0.879. The Balaban J connectivity index is 3.01. The zero-order valence-corrected chi connectivity index (χ0v) is 11.4. The molecule has 0 radical (unpaired) electrons. The van der Waals surface area contributed by atoms with Gasteiger partial charge in [-0.05, 0) is 24.5 Å². The lowest BCUT2D eigenvalue weighted by molar-refractivity contribution is -0.111. The minimum absolute atomic E-state index is 0.0491. The van der Waals surface area contributed by atoms with Crippen molar-refractivity contribution in [3.8, 4) is 5.75 Å². The van der Waals surface area contributed by atoms with E-state index < -0.39 is 11.6 Å². The Morgan fingerprint density at radius 3 is 2.20 bits per heavy atom. The number of hydrogen-bond donors (Lipinski definition) is 2. The number of Topliss-reactive ketones (excluding diaryl/α,β-unsaturated/α-hetero) is 2. The fourth-order valence-corrected chi connectivity index (χ4v) is 2.35. The number of aliphatic hydroxyl groups excluding tert-OH is 1. The summed E-state index contributed by atoms with van der Waals surface area (Å²) in [7, 11) is 0. The monoisotopic (exact) mass is 274 g/mol. The quantitative estimate of drug-likeness (QED) is 0.638. The van der Waals surface area contributed by atoms with Crippen molar-refractivity contribution in [1.29, 1.82) is 0 Å². The van der Waals surface area contributed by atoms with Gasteiger partial charge in [0.15, 0.2) is 6.29 Å². The molecule has 0 fully saturated rings. The van der Waals surface area contributed by atoms with E-state index in [-0.39, 0.29) is 39.7 Å². The molecule has 0 spiro atoms. The van der Waals surface area contributed by atoms with Crippen molar-refractivity contribution in [1.82, 2.24) is 0 Å². The number of phenolic OH excluding ortho intramolecular Hbond substituents is 1. The van der Waals surface area contributed by atoms with E-state index in [4.69, 9.17) is 0 Å². The molecule has 0 heterocycles. The molecule has 1 aromatic carbocycles. The van der Waals surface area contributed by atoms with E-state index in [0.717, 1.165) is 0 Å². The maximum atomic E-state index is 12.1. The molecule has 1 aliphatic rings. The van der Waals surface area contributed by atoms with Crippen LogP contribution in [0.4, 0.5) is 0 Å². The predicted octanol–water partition coefficient (Wildman–Crippen LogP) is 2.38. The average molecular weight is 274 g/mol. The Morgan fingerprint density at radius 2 is 1.70 bits per heavy atom. The molecule has 0 aliphatic heterocycles. The molecule has 0 amide bonds. The van der Waals surface area contributed by atoms with Crippen LogP contribution in [0.5, 0.6) is 5.75 Å². The molecule has 2 rings (SSSR count). The molecule has 2 N–H and O–H groups in total. The van der Waals surface area contributed by atoms with Gasteiger partial charge in [0, 0.05) is 11.1 Å². The van der Waals surface area contributed by atoms with Crippen molar-refractivity contribution < 1.29 is 24.6 Å². The summed E-state index contributed by atoms with van der Waals surface area (Å²) in [6.07, 6.45) is 0.317. The number of carbonyl (C=O) groups excluding carboxylic acids is 3. The highest BCUT2D eigenvalue weighted by atomic mass is 16.3. The number of carbonyl (C=O) groups is 3. The number of benzene rings is 1. The SMILES string of the molecule is CC1=C(O)c2c(C(C)C)cc(O)c(C=O)c2C(=O)C1=O. The van der Waals surface area contributed by atoms with Crippen LogP contribution in [0.25, 0.3) is 5.76 Å². The number of aromatic hydroxyl groups is 1. The first-order valence-corrected chi connectivity index (χ1v) is 6.15. The summed E-state index contributed by atoms with van der Waals surface area (Å²) in [6.45, 7) is 4.99. The molecule has 0 atom stereocenters. The molecule has 0 unspecified atom stereocenters. The summed E-state index contributed by atoms with van der Waals surface area (Å²) in [5.74, 6) is -2.52. The van der Waals surface area contributed by atoms with Gasteiger partial charge in [0.1, 0.15) is 11.5 Å². The van der Waals surface area contributed by atoms with Gasteiger partial charge in [0.25, 0.3) is 0 Å². The molecule has 20 heavy (non-hydrogen) atoms. The highest BCUT2D eigenvalue weighted by Crippen LogP contribution is 2.39. The number of phenols is 1. The van der Waals surface area contributed by atoms with Crippen LogP contribution in [0, 0.1) is 0 Å². The Kier molecular flexibility index (Phi) is 3.21. The number of aldehydes is 1. The fraction of sp³-hybridized carbons (Fsp3) is 0.267. The zero-order chi connectivity index (χ0) is 15.2. The minimum Gasteiger partial charge on any atom is -0.507 e. The van der Waals surface area contributed by atoms with Gasteiger partial charge in [-0.3, -0.25) is 14.4 Å². The topological polar surface area (TPSA) is 91.7 Å². The van der Waals surface area contributed by atoms with Gasteiger partial charge in [-0.25, -0.2) is 0 Å². The van der Waals surface area contributed by atoms with E-state index in [9.17, 15) is 24.6 Å². The number of fused-ring (bicyclic) bond motifs is 1. The predicted molar refractivity (Wildman–Crippen MR) is 72.1 cm³/mol. The lowest BCUT2D eigenvalue weighted by Gasteiger charge is -2.22. The van der Waals surface area contributed by atoms with Gasteiger partial charge in [-0.15, -0.1) is 0 Å². The molecular weight excluding hydrogens is 260 g/mol. The van der Waals surface area contributed by atoms with Crippen LogP contribution in [-0.2, 0) is 4.79 Å². The summed E-state index contributed by atoms with van der Waals surface area (Å²) >= 11 is 0. The third-order valence-corrected chi connectivity index (χ3v) is 3.48. The van der Waals surface area contributed by atoms with Gasteiger partial charge in [-0.1, -0.05) is 13.8 Å². The zero-order valence-electron chi connectivity index (χ0n) is 11.4. The van der Waals surface area contributed by atoms with Crippen LogP contribution in [-0.4, -0.2) is 28.1 Å². The molecule has 1 aromatic rings. The van der Waals surface area contributed by atoms with E-state index in [1.54, 1.807) is 0 Å². The van der Waals surface area contributed by atoms with Crippen LogP contribution in [0.15, 0.2) is 11.6 Å². The first-order chi connectivity index (χ1) is 9.31. The van der Waals surface area contributed by atoms with E-state index >= 15 is 0 Å².